The lowest BCUT2D eigenvalue weighted by Gasteiger charge is -2.08. The summed E-state index contributed by atoms with van der Waals surface area (Å²) in [4.78, 5) is 20.0. The van der Waals surface area contributed by atoms with Gasteiger partial charge in [0.25, 0.3) is 5.91 Å². The predicted octanol–water partition coefficient (Wildman–Crippen LogP) is 3.35. The van der Waals surface area contributed by atoms with Crippen LogP contribution in [0.1, 0.15) is 15.9 Å². The molecule has 0 saturated heterocycles. The van der Waals surface area contributed by atoms with Crippen LogP contribution in [0.3, 0.4) is 0 Å². The summed E-state index contributed by atoms with van der Waals surface area (Å²) in [5.41, 5.74) is 1.15. The number of methoxy groups -OCH3 is 1. The van der Waals surface area contributed by atoms with Gasteiger partial charge in [-0.05, 0) is 18.6 Å². The molecule has 0 fully saturated rings. The molecule has 1 aromatic carbocycles. The molecule has 7 heteroatoms. The monoisotopic (exact) mass is 311 g/mol. The van der Waals surface area contributed by atoms with Crippen molar-refractivity contribution in [3.63, 3.8) is 0 Å². The van der Waals surface area contributed by atoms with Gasteiger partial charge >= 0.3 is 0 Å². The molecule has 0 saturated carbocycles. The van der Waals surface area contributed by atoms with Gasteiger partial charge < -0.3 is 4.74 Å². The van der Waals surface area contributed by atoms with E-state index in [1.165, 1.54) is 13.2 Å². The van der Waals surface area contributed by atoms with E-state index in [9.17, 15) is 4.79 Å². The third kappa shape index (κ3) is 3.18. The number of carbonyl (C=O) groups is 1. The van der Waals surface area contributed by atoms with Crippen molar-refractivity contribution >= 4 is 35.1 Å². The molecule has 0 atom stereocenters. The third-order valence-corrected chi connectivity index (χ3v) is 3.24. The molecule has 2 aromatic rings. The molecule has 0 spiro atoms. The highest BCUT2D eigenvalue weighted by Crippen LogP contribution is 2.22. The highest BCUT2D eigenvalue weighted by molar-refractivity contribution is 6.35. The fourth-order valence-electron chi connectivity index (χ4n) is 1.55. The van der Waals surface area contributed by atoms with Crippen LogP contribution in [0.5, 0.6) is 5.88 Å². The molecule has 0 bridgehead atoms. The van der Waals surface area contributed by atoms with Gasteiger partial charge in [-0.25, -0.2) is 4.98 Å². The van der Waals surface area contributed by atoms with E-state index in [4.69, 9.17) is 27.9 Å². The molecule has 5 nitrogen and oxygen atoms in total. The molecule has 2 rings (SSSR count). The summed E-state index contributed by atoms with van der Waals surface area (Å²) < 4.78 is 4.95. The molecule has 0 unspecified atom stereocenters. The summed E-state index contributed by atoms with van der Waals surface area (Å²) in [7, 11) is 1.45. The minimum absolute atomic E-state index is 0.0527. The maximum atomic E-state index is 12.1. The Hall–Kier alpha value is -1.85. The molecule has 1 N–H and O–H groups in total. The van der Waals surface area contributed by atoms with Crippen LogP contribution in [0.2, 0.25) is 10.2 Å². The van der Waals surface area contributed by atoms with Crippen LogP contribution in [0.4, 0.5) is 5.95 Å². The Morgan fingerprint density at radius 1 is 1.30 bits per heavy atom. The Morgan fingerprint density at radius 3 is 2.75 bits per heavy atom. The summed E-state index contributed by atoms with van der Waals surface area (Å²) in [5.74, 6) is -0.101. The van der Waals surface area contributed by atoms with Crippen LogP contribution in [-0.2, 0) is 0 Å². The summed E-state index contributed by atoms with van der Waals surface area (Å²) in [6.07, 6.45) is 0. The zero-order valence-corrected chi connectivity index (χ0v) is 12.3. The lowest BCUT2D eigenvalue weighted by atomic mass is 10.1. The largest absolute Gasteiger partial charge is 0.481 e. The van der Waals surface area contributed by atoms with Crippen molar-refractivity contribution in [3.05, 3.63) is 45.6 Å². The third-order valence-electron chi connectivity index (χ3n) is 2.54. The van der Waals surface area contributed by atoms with Crippen molar-refractivity contribution in [1.29, 1.82) is 0 Å². The van der Waals surface area contributed by atoms with Gasteiger partial charge in [-0.2, -0.15) is 4.98 Å². The molecule has 1 amide bonds. The number of halogens is 2. The van der Waals surface area contributed by atoms with Crippen LogP contribution in [0.25, 0.3) is 0 Å². The fraction of sp³-hybridized carbons (Fsp3) is 0.154. The molecular formula is C13H11Cl2N3O2. The van der Waals surface area contributed by atoms with Crippen LogP contribution < -0.4 is 10.1 Å². The van der Waals surface area contributed by atoms with Gasteiger partial charge in [-0.3, -0.25) is 10.1 Å². The first kappa shape index (κ1) is 14.6. The summed E-state index contributed by atoms with van der Waals surface area (Å²) in [6.45, 7) is 1.82. The van der Waals surface area contributed by atoms with Crippen molar-refractivity contribution in [1.82, 2.24) is 9.97 Å². The lowest BCUT2D eigenvalue weighted by Crippen LogP contribution is -2.15. The SMILES string of the molecule is COc1cc(Cl)nc(NC(=O)c2cccc(C)c2Cl)n1. The topological polar surface area (TPSA) is 64.1 Å². The molecule has 0 aliphatic rings. The Balaban J connectivity index is 2.28. The highest BCUT2D eigenvalue weighted by atomic mass is 35.5. The number of carbonyl (C=O) groups excluding carboxylic acids is 1. The van der Waals surface area contributed by atoms with E-state index in [2.05, 4.69) is 15.3 Å². The standard InChI is InChI=1S/C13H11Cl2N3O2/c1-7-4-3-5-8(11(7)15)12(19)18-13-16-9(14)6-10(17-13)20-2/h3-6H,1-2H3,(H,16,17,18,19). The van der Waals surface area contributed by atoms with Crippen molar-refractivity contribution < 1.29 is 9.53 Å². The molecule has 1 heterocycles. The van der Waals surface area contributed by atoms with Crippen molar-refractivity contribution in [2.75, 3.05) is 12.4 Å². The first-order chi connectivity index (χ1) is 9.51. The molecule has 0 aliphatic heterocycles. The molecule has 0 aliphatic carbocycles. The zero-order valence-electron chi connectivity index (χ0n) is 10.8. The first-order valence-electron chi connectivity index (χ1n) is 5.66. The zero-order chi connectivity index (χ0) is 14.7. The number of aryl methyl sites for hydroxylation is 1. The van der Waals surface area contributed by atoms with Gasteiger partial charge in [-0.15, -0.1) is 0 Å². The first-order valence-corrected chi connectivity index (χ1v) is 6.42. The number of nitrogens with zero attached hydrogens (tertiary/aromatic N) is 2. The highest BCUT2D eigenvalue weighted by Gasteiger charge is 2.14. The minimum Gasteiger partial charge on any atom is -0.481 e. The van der Waals surface area contributed by atoms with E-state index < -0.39 is 5.91 Å². The maximum absolute atomic E-state index is 12.1. The number of rotatable bonds is 3. The van der Waals surface area contributed by atoms with E-state index in [1.54, 1.807) is 12.1 Å². The number of benzene rings is 1. The lowest BCUT2D eigenvalue weighted by molar-refractivity contribution is 0.102. The second kappa shape index (κ2) is 6.07. The van der Waals surface area contributed by atoms with E-state index in [0.717, 1.165) is 5.56 Å². The summed E-state index contributed by atoms with van der Waals surface area (Å²) in [5, 5.41) is 3.09. The van der Waals surface area contributed by atoms with Gasteiger partial charge in [0, 0.05) is 6.07 Å². The predicted molar refractivity (Wildman–Crippen MR) is 77.7 cm³/mol. The van der Waals surface area contributed by atoms with Gasteiger partial charge in [0.05, 0.1) is 17.7 Å². The Morgan fingerprint density at radius 2 is 2.05 bits per heavy atom. The second-order valence-corrected chi connectivity index (χ2v) is 4.71. The summed E-state index contributed by atoms with van der Waals surface area (Å²) >= 11 is 11.9. The Labute approximate surface area is 125 Å². The summed E-state index contributed by atoms with van der Waals surface area (Å²) in [6, 6.07) is 6.62. The van der Waals surface area contributed by atoms with Crippen molar-refractivity contribution in [2.45, 2.75) is 6.92 Å². The normalized spacial score (nSPS) is 10.2. The molecule has 1 aromatic heterocycles. The Bertz CT molecular complexity index is 662. The Kier molecular flexibility index (Phi) is 4.42. The van der Waals surface area contributed by atoms with Gasteiger partial charge in [0.2, 0.25) is 11.8 Å². The smallest absolute Gasteiger partial charge is 0.259 e. The van der Waals surface area contributed by atoms with Crippen molar-refractivity contribution in [3.8, 4) is 5.88 Å². The van der Waals surface area contributed by atoms with Gasteiger partial charge in [-0.1, -0.05) is 35.3 Å². The quantitative estimate of drug-likeness (QED) is 0.883. The molecular weight excluding hydrogens is 301 g/mol. The number of nitrogens with one attached hydrogen (secondary N) is 1. The van der Waals surface area contributed by atoms with E-state index in [1.807, 2.05) is 13.0 Å². The average molecular weight is 312 g/mol. The molecule has 20 heavy (non-hydrogen) atoms. The maximum Gasteiger partial charge on any atom is 0.259 e. The van der Waals surface area contributed by atoms with Crippen LogP contribution in [-0.4, -0.2) is 23.0 Å². The number of ether oxygens (including phenoxy) is 1. The van der Waals surface area contributed by atoms with Crippen LogP contribution in [0.15, 0.2) is 24.3 Å². The fourth-order valence-corrected chi connectivity index (χ4v) is 1.93. The second-order valence-electron chi connectivity index (χ2n) is 3.95. The average Bonchev–Trinajstić information content (AvgIpc) is 2.41. The minimum atomic E-state index is -0.414. The van der Waals surface area contributed by atoms with E-state index in [-0.39, 0.29) is 17.0 Å². The van der Waals surface area contributed by atoms with Crippen LogP contribution in [0, 0.1) is 6.92 Å². The van der Waals surface area contributed by atoms with Crippen LogP contribution >= 0.6 is 23.2 Å². The molecule has 0 radical (unpaired) electrons. The van der Waals surface area contributed by atoms with Gasteiger partial charge in [0.15, 0.2) is 0 Å². The van der Waals surface area contributed by atoms with E-state index in [0.29, 0.717) is 10.6 Å². The number of amides is 1. The number of anilines is 1. The van der Waals surface area contributed by atoms with Crippen molar-refractivity contribution in [2.24, 2.45) is 0 Å². The van der Waals surface area contributed by atoms with Gasteiger partial charge in [0.1, 0.15) is 5.15 Å². The number of hydrogen-bond acceptors (Lipinski definition) is 4. The number of aromatic nitrogens is 2. The molecule has 104 valence electrons. The number of hydrogen-bond donors (Lipinski definition) is 1. The van der Waals surface area contributed by atoms with E-state index >= 15 is 0 Å².